The molecule has 1 atom stereocenters. The Morgan fingerprint density at radius 3 is 2.31 bits per heavy atom. The molecule has 4 nitrogen and oxygen atoms in total. The third-order valence-corrected chi connectivity index (χ3v) is 5.15. The molecule has 0 aromatic heterocycles. The van der Waals surface area contributed by atoms with Gasteiger partial charge in [-0.2, -0.15) is 0 Å². The van der Waals surface area contributed by atoms with E-state index in [0.717, 1.165) is 21.8 Å². The minimum Gasteiger partial charge on any atom is -0.461 e. The summed E-state index contributed by atoms with van der Waals surface area (Å²) in [5.74, 6) is -1.05. The Morgan fingerprint density at radius 2 is 1.69 bits per heavy atom. The molecule has 136 valence electrons. The van der Waals surface area contributed by atoms with Gasteiger partial charge in [0.2, 0.25) is 0 Å². The van der Waals surface area contributed by atoms with E-state index in [1.54, 1.807) is 24.3 Å². The van der Waals surface area contributed by atoms with Gasteiger partial charge in [0.25, 0.3) is 0 Å². The van der Waals surface area contributed by atoms with E-state index in [1.165, 1.54) is 6.92 Å². The molecule has 2 aromatic carbocycles. The van der Waals surface area contributed by atoms with Crippen molar-refractivity contribution in [3.05, 3.63) is 70.2 Å². The highest BCUT2D eigenvalue weighted by Crippen LogP contribution is 2.20. The first-order valence-electron chi connectivity index (χ1n) is 8.08. The van der Waals surface area contributed by atoms with E-state index in [4.69, 9.17) is 4.74 Å². The SMILES string of the molecule is CC(=O)SCC(CC(=O)c1ccc(Br)cc1)C(=O)OCc1ccccc1. The predicted octanol–water partition coefficient (Wildman–Crippen LogP) is 4.66. The molecule has 0 heterocycles. The molecule has 0 saturated carbocycles. The zero-order valence-electron chi connectivity index (χ0n) is 14.3. The minimum atomic E-state index is -0.663. The molecular weight excluding hydrogens is 416 g/mol. The first-order chi connectivity index (χ1) is 12.5. The summed E-state index contributed by atoms with van der Waals surface area (Å²) < 4.78 is 6.23. The second kappa shape index (κ2) is 10.3. The van der Waals surface area contributed by atoms with Crippen LogP contribution in [0.15, 0.2) is 59.1 Å². The first kappa shape index (κ1) is 20.4. The fraction of sp³-hybridized carbons (Fsp3) is 0.250. The minimum absolute atomic E-state index is 0.00946. The van der Waals surface area contributed by atoms with Crippen molar-refractivity contribution in [3.63, 3.8) is 0 Å². The highest BCUT2D eigenvalue weighted by Gasteiger charge is 2.25. The molecule has 0 aliphatic carbocycles. The second-order valence-corrected chi connectivity index (χ2v) is 7.84. The molecule has 0 aliphatic rings. The second-order valence-electron chi connectivity index (χ2n) is 5.73. The number of hydrogen-bond acceptors (Lipinski definition) is 5. The quantitative estimate of drug-likeness (QED) is 0.446. The number of ketones is 1. The monoisotopic (exact) mass is 434 g/mol. The van der Waals surface area contributed by atoms with Gasteiger partial charge in [0, 0.05) is 29.1 Å². The fourth-order valence-electron chi connectivity index (χ4n) is 2.25. The van der Waals surface area contributed by atoms with Crippen molar-refractivity contribution in [1.82, 2.24) is 0 Å². The molecule has 2 rings (SSSR count). The Morgan fingerprint density at radius 1 is 1.04 bits per heavy atom. The zero-order chi connectivity index (χ0) is 18.9. The Kier molecular flexibility index (Phi) is 8.06. The summed E-state index contributed by atoms with van der Waals surface area (Å²) in [6.07, 6.45) is 0.00946. The van der Waals surface area contributed by atoms with Crippen LogP contribution in [0, 0.1) is 5.92 Å². The lowest BCUT2D eigenvalue weighted by Gasteiger charge is -2.15. The van der Waals surface area contributed by atoms with Crippen LogP contribution in [0.25, 0.3) is 0 Å². The number of Topliss-reactive ketones (excluding diaryl/α,β-unsaturated/α-hetero) is 1. The number of hydrogen-bond donors (Lipinski definition) is 0. The van der Waals surface area contributed by atoms with Crippen LogP contribution in [0.5, 0.6) is 0 Å². The molecule has 1 unspecified atom stereocenters. The van der Waals surface area contributed by atoms with Gasteiger partial charge < -0.3 is 4.74 Å². The molecule has 0 saturated heterocycles. The average molecular weight is 435 g/mol. The smallest absolute Gasteiger partial charge is 0.310 e. The highest BCUT2D eigenvalue weighted by atomic mass is 79.9. The van der Waals surface area contributed by atoms with Gasteiger partial charge in [-0.05, 0) is 17.7 Å². The van der Waals surface area contributed by atoms with E-state index < -0.39 is 11.9 Å². The van der Waals surface area contributed by atoms with Crippen molar-refractivity contribution < 1.29 is 19.1 Å². The Hall–Kier alpha value is -1.92. The van der Waals surface area contributed by atoms with Gasteiger partial charge in [-0.1, -0.05) is 70.2 Å². The number of esters is 1. The molecule has 2 aromatic rings. The summed E-state index contributed by atoms with van der Waals surface area (Å²) in [6.45, 7) is 1.58. The standard InChI is InChI=1S/C20H19BrO4S/c1-14(22)26-13-17(11-19(23)16-7-9-18(21)10-8-16)20(24)25-12-15-5-3-2-4-6-15/h2-10,17H,11-13H2,1H3. The third kappa shape index (κ3) is 6.77. The average Bonchev–Trinajstić information content (AvgIpc) is 2.64. The van der Waals surface area contributed by atoms with Crippen molar-refractivity contribution in [2.45, 2.75) is 20.0 Å². The maximum absolute atomic E-state index is 12.5. The normalized spacial score (nSPS) is 11.6. The summed E-state index contributed by atoms with van der Waals surface area (Å²) >= 11 is 4.36. The van der Waals surface area contributed by atoms with Gasteiger partial charge in [-0.15, -0.1) is 0 Å². The van der Waals surface area contributed by atoms with Gasteiger partial charge >= 0.3 is 5.97 Å². The van der Waals surface area contributed by atoms with Gasteiger partial charge in [-0.3, -0.25) is 14.4 Å². The Bertz CT molecular complexity index is 759. The molecule has 0 aliphatic heterocycles. The lowest BCUT2D eigenvalue weighted by Crippen LogP contribution is -2.23. The number of carbonyl (C=O) groups is 3. The number of carbonyl (C=O) groups excluding carboxylic acids is 3. The van der Waals surface area contributed by atoms with Crippen LogP contribution in [0.3, 0.4) is 0 Å². The largest absolute Gasteiger partial charge is 0.461 e. The van der Waals surface area contributed by atoms with Gasteiger partial charge in [0.1, 0.15) is 6.61 Å². The van der Waals surface area contributed by atoms with Crippen molar-refractivity contribution in [1.29, 1.82) is 0 Å². The van der Waals surface area contributed by atoms with Crippen LogP contribution >= 0.6 is 27.7 Å². The van der Waals surface area contributed by atoms with Crippen molar-refractivity contribution in [2.24, 2.45) is 5.92 Å². The van der Waals surface area contributed by atoms with Crippen LogP contribution in [-0.2, 0) is 20.9 Å². The summed E-state index contributed by atoms with van der Waals surface area (Å²) in [5, 5.41) is -0.0954. The molecular formula is C20H19BrO4S. The lowest BCUT2D eigenvalue weighted by atomic mass is 10.00. The topological polar surface area (TPSA) is 60.4 Å². The maximum Gasteiger partial charge on any atom is 0.310 e. The first-order valence-corrected chi connectivity index (χ1v) is 9.86. The molecule has 0 N–H and O–H groups in total. The van der Waals surface area contributed by atoms with Crippen molar-refractivity contribution in [3.8, 4) is 0 Å². The summed E-state index contributed by atoms with van der Waals surface area (Å²) in [5.41, 5.74) is 1.40. The molecule has 0 radical (unpaired) electrons. The summed E-state index contributed by atoms with van der Waals surface area (Å²) in [6, 6.07) is 16.3. The van der Waals surface area contributed by atoms with Crippen LogP contribution in [0.4, 0.5) is 0 Å². The van der Waals surface area contributed by atoms with Crippen LogP contribution in [0.2, 0.25) is 0 Å². The lowest BCUT2D eigenvalue weighted by molar-refractivity contribution is -0.149. The van der Waals surface area contributed by atoms with Crippen molar-refractivity contribution >= 4 is 44.6 Å². The Labute approximate surface area is 165 Å². The number of rotatable bonds is 8. The van der Waals surface area contributed by atoms with Gasteiger partial charge in [-0.25, -0.2) is 0 Å². The van der Waals surface area contributed by atoms with Gasteiger partial charge in [0.15, 0.2) is 10.9 Å². The maximum atomic E-state index is 12.5. The Balaban J connectivity index is 2.01. The molecule has 0 amide bonds. The van der Waals surface area contributed by atoms with E-state index in [0.29, 0.717) is 5.56 Å². The van der Waals surface area contributed by atoms with Crippen LogP contribution in [0.1, 0.15) is 29.3 Å². The van der Waals surface area contributed by atoms with E-state index >= 15 is 0 Å². The predicted molar refractivity (Wildman–Crippen MR) is 106 cm³/mol. The van der Waals surface area contributed by atoms with Crippen LogP contribution in [-0.4, -0.2) is 22.6 Å². The number of benzene rings is 2. The van der Waals surface area contributed by atoms with Crippen molar-refractivity contribution in [2.75, 3.05) is 5.75 Å². The van der Waals surface area contributed by atoms with E-state index in [-0.39, 0.29) is 29.7 Å². The molecule has 6 heteroatoms. The van der Waals surface area contributed by atoms with Crippen LogP contribution < -0.4 is 0 Å². The summed E-state index contributed by atoms with van der Waals surface area (Å²) in [7, 11) is 0. The molecule has 0 spiro atoms. The molecule has 0 bridgehead atoms. The highest BCUT2D eigenvalue weighted by molar-refractivity contribution is 9.10. The van der Waals surface area contributed by atoms with E-state index in [2.05, 4.69) is 15.9 Å². The third-order valence-electron chi connectivity index (χ3n) is 3.64. The fourth-order valence-corrected chi connectivity index (χ4v) is 3.21. The van der Waals surface area contributed by atoms with E-state index in [9.17, 15) is 14.4 Å². The summed E-state index contributed by atoms with van der Waals surface area (Å²) in [4.78, 5) is 36.2. The number of thioether (sulfide) groups is 1. The molecule has 0 fully saturated rings. The number of ether oxygens (including phenoxy) is 1. The number of halogens is 1. The molecule has 26 heavy (non-hydrogen) atoms. The zero-order valence-corrected chi connectivity index (χ0v) is 16.7. The van der Waals surface area contributed by atoms with E-state index in [1.807, 2.05) is 30.3 Å². The van der Waals surface area contributed by atoms with Gasteiger partial charge in [0.05, 0.1) is 5.92 Å².